The molecule has 1 atom stereocenters. The maximum atomic E-state index is 12.9. The first-order valence-electron chi connectivity index (χ1n) is 9.04. The van der Waals surface area contributed by atoms with Crippen LogP contribution in [0.1, 0.15) is 31.7 Å². The Morgan fingerprint density at radius 1 is 0.964 bits per heavy atom. The molecule has 0 saturated carbocycles. The van der Waals surface area contributed by atoms with Gasteiger partial charge in [0.15, 0.2) is 0 Å². The van der Waals surface area contributed by atoms with Gasteiger partial charge in [0.25, 0.3) is 10.0 Å². The van der Waals surface area contributed by atoms with Gasteiger partial charge in [0.2, 0.25) is 0 Å². The summed E-state index contributed by atoms with van der Waals surface area (Å²) in [6, 6.07) is 21.9. The van der Waals surface area contributed by atoms with Crippen molar-refractivity contribution in [2.75, 3.05) is 4.72 Å². The van der Waals surface area contributed by atoms with Gasteiger partial charge >= 0.3 is 0 Å². The summed E-state index contributed by atoms with van der Waals surface area (Å²) < 4.78 is 28.5. The maximum absolute atomic E-state index is 12.9. The van der Waals surface area contributed by atoms with Crippen LogP contribution in [-0.4, -0.2) is 8.42 Å². The monoisotopic (exact) mass is 431 g/mol. The summed E-state index contributed by atoms with van der Waals surface area (Å²) >= 11 is 7.42. The summed E-state index contributed by atoms with van der Waals surface area (Å²) in [5.41, 5.74) is 1.69. The van der Waals surface area contributed by atoms with E-state index in [2.05, 4.69) is 18.6 Å². The molecule has 0 amide bonds. The van der Waals surface area contributed by atoms with Crippen LogP contribution in [0.15, 0.2) is 87.5 Å². The number of sulfonamides is 1. The number of halogens is 1. The SMILES string of the molecule is CCC(C)c1ccc(S(=O)(=O)Nc2ccccc2Sc2ccc(Cl)cc2)cc1. The van der Waals surface area contributed by atoms with Crippen LogP contribution >= 0.6 is 23.4 Å². The zero-order chi connectivity index (χ0) is 20.1. The van der Waals surface area contributed by atoms with Gasteiger partial charge in [-0.25, -0.2) is 8.42 Å². The molecule has 3 aromatic carbocycles. The third-order valence-corrected chi connectivity index (χ3v) is 7.26. The molecule has 0 aliphatic carbocycles. The number of hydrogen-bond acceptors (Lipinski definition) is 3. The molecular weight excluding hydrogens is 410 g/mol. The molecule has 0 aromatic heterocycles. The van der Waals surface area contributed by atoms with Crippen molar-refractivity contribution in [1.82, 2.24) is 0 Å². The Morgan fingerprint density at radius 3 is 2.25 bits per heavy atom. The van der Waals surface area contributed by atoms with Gasteiger partial charge in [-0.1, -0.05) is 61.5 Å². The van der Waals surface area contributed by atoms with Crippen molar-refractivity contribution < 1.29 is 8.42 Å². The zero-order valence-electron chi connectivity index (χ0n) is 15.7. The number of anilines is 1. The molecule has 3 nitrogen and oxygen atoms in total. The van der Waals surface area contributed by atoms with Crippen molar-refractivity contribution in [2.45, 2.75) is 40.9 Å². The average Bonchev–Trinajstić information content (AvgIpc) is 2.70. The van der Waals surface area contributed by atoms with Crippen molar-refractivity contribution in [3.8, 4) is 0 Å². The molecule has 0 spiro atoms. The smallest absolute Gasteiger partial charge is 0.261 e. The Balaban J connectivity index is 1.83. The van der Waals surface area contributed by atoms with E-state index in [1.54, 1.807) is 18.2 Å². The molecule has 0 heterocycles. The van der Waals surface area contributed by atoms with Gasteiger partial charge < -0.3 is 0 Å². The average molecular weight is 432 g/mol. The van der Waals surface area contributed by atoms with E-state index in [1.165, 1.54) is 11.8 Å². The maximum Gasteiger partial charge on any atom is 0.261 e. The van der Waals surface area contributed by atoms with Crippen LogP contribution in [-0.2, 0) is 10.0 Å². The molecule has 28 heavy (non-hydrogen) atoms. The third kappa shape index (κ3) is 5.10. The number of benzene rings is 3. The van der Waals surface area contributed by atoms with Gasteiger partial charge in [0.05, 0.1) is 10.6 Å². The van der Waals surface area contributed by atoms with Crippen LogP contribution in [0.5, 0.6) is 0 Å². The fourth-order valence-corrected chi connectivity index (χ4v) is 4.86. The largest absolute Gasteiger partial charge is 0.278 e. The molecule has 0 aliphatic heterocycles. The van der Waals surface area contributed by atoms with Crippen LogP contribution in [0.2, 0.25) is 5.02 Å². The normalized spacial score (nSPS) is 12.5. The molecule has 0 saturated heterocycles. The second-order valence-corrected chi connectivity index (χ2v) is 9.77. The van der Waals surface area contributed by atoms with Crippen molar-refractivity contribution >= 4 is 39.1 Å². The molecule has 0 radical (unpaired) electrons. The number of hydrogen-bond donors (Lipinski definition) is 1. The Morgan fingerprint density at radius 2 is 1.61 bits per heavy atom. The van der Waals surface area contributed by atoms with Gasteiger partial charge in [-0.2, -0.15) is 0 Å². The zero-order valence-corrected chi connectivity index (χ0v) is 18.1. The van der Waals surface area contributed by atoms with E-state index in [4.69, 9.17) is 11.6 Å². The lowest BCUT2D eigenvalue weighted by atomic mass is 9.99. The molecule has 0 bridgehead atoms. The second kappa shape index (κ2) is 9.03. The molecule has 3 rings (SSSR count). The fraction of sp³-hybridized carbons (Fsp3) is 0.182. The molecule has 0 fully saturated rings. The minimum Gasteiger partial charge on any atom is -0.278 e. The summed E-state index contributed by atoms with van der Waals surface area (Å²) in [6.45, 7) is 4.25. The van der Waals surface area contributed by atoms with Crippen molar-refractivity contribution in [3.05, 3.63) is 83.4 Å². The summed E-state index contributed by atoms with van der Waals surface area (Å²) in [6.07, 6.45) is 1.01. The van der Waals surface area contributed by atoms with Crippen molar-refractivity contribution in [1.29, 1.82) is 0 Å². The van der Waals surface area contributed by atoms with Crippen LogP contribution in [0.4, 0.5) is 5.69 Å². The summed E-state index contributed by atoms with van der Waals surface area (Å²) in [4.78, 5) is 2.06. The van der Waals surface area contributed by atoms with Gasteiger partial charge in [0.1, 0.15) is 0 Å². The quantitative estimate of drug-likeness (QED) is 0.447. The van der Waals surface area contributed by atoms with Crippen molar-refractivity contribution in [3.63, 3.8) is 0 Å². The minimum absolute atomic E-state index is 0.255. The van der Waals surface area contributed by atoms with E-state index in [1.807, 2.05) is 54.6 Å². The van der Waals surface area contributed by atoms with Crippen molar-refractivity contribution in [2.24, 2.45) is 0 Å². The van der Waals surface area contributed by atoms with Crippen LogP contribution in [0, 0.1) is 0 Å². The number of rotatable bonds is 7. The van der Waals surface area contributed by atoms with E-state index < -0.39 is 10.0 Å². The topological polar surface area (TPSA) is 46.2 Å². The third-order valence-electron chi connectivity index (χ3n) is 4.54. The highest BCUT2D eigenvalue weighted by Crippen LogP contribution is 2.35. The van der Waals surface area contributed by atoms with Gasteiger partial charge in [-0.05, 0) is 66.4 Å². The molecule has 3 aromatic rings. The van der Waals surface area contributed by atoms with Gasteiger partial charge in [-0.3, -0.25) is 4.72 Å². The lowest BCUT2D eigenvalue weighted by Crippen LogP contribution is -2.13. The van der Waals surface area contributed by atoms with Crippen LogP contribution in [0.3, 0.4) is 0 Å². The fourth-order valence-electron chi connectivity index (χ4n) is 2.68. The highest BCUT2D eigenvalue weighted by Gasteiger charge is 2.17. The molecule has 1 unspecified atom stereocenters. The Labute approximate surface area is 176 Å². The molecular formula is C22H22ClNO2S2. The summed E-state index contributed by atoms with van der Waals surface area (Å²) in [5, 5.41) is 0.666. The molecule has 6 heteroatoms. The standard InChI is InChI=1S/C22H22ClNO2S2/c1-3-16(2)17-8-14-20(15-9-17)28(25,26)24-21-6-4-5-7-22(21)27-19-12-10-18(23)11-13-19/h4-16,24H,3H2,1-2H3. The second-order valence-electron chi connectivity index (χ2n) is 6.54. The van der Waals surface area contributed by atoms with Gasteiger partial charge in [-0.15, -0.1) is 0 Å². The lowest BCUT2D eigenvalue weighted by Gasteiger charge is -2.14. The summed E-state index contributed by atoms with van der Waals surface area (Å²) in [5.74, 6) is 0.404. The Kier molecular flexibility index (Phi) is 6.70. The van der Waals surface area contributed by atoms with Crippen LogP contribution in [0.25, 0.3) is 0 Å². The lowest BCUT2D eigenvalue weighted by molar-refractivity contribution is 0.601. The van der Waals surface area contributed by atoms with E-state index in [-0.39, 0.29) is 4.90 Å². The first kappa shape index (κ1) is 20.8. The minimum atomic E-state index is -3.67. The molecule has 0 aliphatic rings. The highest BCUT2D eigenvalue weighted by atomic mass is 35.5. The predicted octanol–water partition coefficient (Wildman–Crippen LogP) is 6.81. The first-order valence-corrected chi connectivity index (χ1v) is 11.7. The number of nitrogens with one attached hydrogen (secondary N) is 1. The predicted molar refractivity (Wildman–Crippen MR) is 118 cm³/mol. The Bertz CT molecular complexity index is 1030. The first-order chi connectivity index (χ1) is 13.4. The Hall–Kier alpha value is -1.95. The number of para-hydroxylation sites is 1. The van der Waals surface area contributed by atoms with E-state index in [0.29, 0.717) is 16.6 Å². The van der Waals surface area contributed by atoms with E-state index in [9.17, 15) is 8.42 Å². The molecule has 146 valence electrons. The summed E-state index contributed by atoms with van der Waals surface area (Å²) in [7, 11) is -3.67. The molecule has 1 N–H and O–H groups in total. The highest BCUT2D eigenvalue weighted by molar-refractivity contribution is 7.99. The van der Waals surface area contributed by atoms with Crippen LogP contribution < -0.4 is 4.72 Å². The van der Waals surface area contributed by atoms with E-state index in [0.717, 1.165) is 21.8 Å². The van der Waals surface area contributed by atoms with E-state index >= 15 is 0 Å². The van der Waals surface area contributed by atoms with Gasteiger partial charge in [0, 0.05) is 14.8 Å².